The average Bonchev–Trinajstić information content (AvgIpc) is 4.07. The molecule has 2 saturated heterocycles. The van der Waals surface area contributed by atoms with E-state index >= 15 is 4.39 Å². The number of guanidine groups is 1. The van der Waals surface area contributed by atoms with Gasteiger partial charge in [-0.1, -0.05) is 13.0 Å². The van der Waals surface area contributed by atoms with E-state index in [-0.39, 0.29) is 18.0 Å². The summed E-state index contributed by atoms with van der Waals surface area (Å²) in [6.07, 6.45) is 1.68. The summed E-state index contributed by atoms with van der Waals surface area (Å²) in [6, 6.07) is 18.3. The van der Waals surface area contributed by atoms with Crippen LogP contribution in [-0.2, 0) is 40.5 Å². The lowest BCUT2D eigenvalue weighted by Crippen LogP contribution is -2.46. The fourth-order valence-electron chi connectivity index (χ4n) is 8.38. The Balaban J connectivity index is 0.869. The molecule has 370 valence electrons. The molecule has 0 spiro atoms. The van der Waals surface area contributed by atoms with Crippen molar-refractivity contribution < 1.29 is 61.0 Å². The summed E-state index contributed by atoms with van der Waals surface area (Å²) in [5.74, 6) is -2.10. The van der Waals surface area contributed by atoms with Crippen molar-refractivity contribution in [1.29, 1.82) is 0 Å². The number of nitrogens with zero attached hydrogens (tertiary/aromatic N) is 9. The largest absolute Gasteiger partial charge is 0.511 e. The van der Waals surface area contributed by atoms with Gasteiger partial charge in [-0.15, -0.1) is 0 Å². The minimum absolute atomic E-state index is 0.0553. The third-order valence-corrected chi connectivity index (χ3v) is 12.3. The molecule has 22 nitrogen and oxygen atoms in total. The fourth-order valence-corrected chi connectivity index (χ4v) is 8.85. The molecule has 4 heterocycles. The van der Waals surface area contributed by atoms with Crippen LogP contribution in [0.3, 0.4) is 0 Å². The number of nitrogens with one attached hydrogen (secondary N) is 1. The molecule has 69 heavy (non-hydrogen) atoms. The van der Waals surface area contributed by atoms with Crippen LogP contribution in [0.4, 0.5) is 25.0 Å². The third kappa shape index (κ3) is 12.6. The topological polar surface area (TPSA) is 256 Å². The van der Waals surface area contributed by atoms with Crippen LogP contribution < -0.4 is 31.0 Å². The van der Waals surface area contributed by atoms with E-state index in [0.29, 0.717) is 37.5 Å². The second-order valence-corrected chi connectivity index (χ2v) is 18.0. The highest BCUT2D eigenvalue weighted by atomic mass is 31.2. The first-order chi connectivity index (χ1) is 32.9. The highest BCUT2D eigenvalue weighted by molar-refractivity contribution is 7.50. The van der Waals surface area contributed by atoms with Crippen molar-refractivity contribution in [2.75, 3.05) is 62.8 Å². The number of hydrogen-bond donors (Lipinski definition) is 4. The lowest BCUT2D eigenvalue weighted by Gasteiger charge is -2.37. The molecule has 0 amide bonds. The summed E-state index contributed by atoms with van der Waals surface area (Å²) in [5, 5.41) is 10.2. The number of benzene rings is 3. The summed E-state index contributed by atoms with van der Waals surface area (Å²) < 4.78 is 73.0. The van der Waals surface area contributed by atoms with E-state index in [1.807, 2.05) is 48.5 Å². The molecule has 1 unspecified atom stereocenters. The van der Waals surface area contributed by atoms with Gasteiger partial charge in [0.2, 0.25) is 6.29 Å². The maximum atomic E-state index is 15.1. The Hall–Kier alpha value is -6.88. The molecule has 0 aliphatic carbocycles. The van der Waals surface area contributed by atoms with E-state index < -0.39 is 73.7 Å². The molecular formula is C44H55F2N11O11P+. The molecule has 2 aliphatic heterocycles. The van der Waals surface area contributed by atoms with Crippen molar-refractivity contribution in [3.63, 3.8) is 0 Å². The van der Waals surface area contributed by atoms with E-state index in [4.69, 9.17) is 39.2 Å². The number of anilines is 2. The van der Waals surface area contributed by atoms with Gasteiger partial charge in [0.15, 0.2) is 6.54 Å². The number of esters is 1. The number of likely N-dealkylation sites (N-methyl/N-ethyl adjacent to an activating group) is 1. The van der Waals surface area contributed by atoms with Crippen molar-refractivity contribution in [2.45, 2.75) is 64.2 Å². The number of ether oxygens (including phenoxy) is 5. The van der Waals surface area contributed by atoms with E-state index in [0.717, 1.165) is 48.2 Å². The van der Waals surface area contributed by atoms with Crippen LogP contribution in [0.5, 0.6) is 5.75 Å². The van der Waals surface area contributed by atoms with E-state index in [1.165, 1.54) is 54.3 Å². The SMILES string of the molecule is CC[C@@H]([C@H](C)OC(=O)OC(C)OC(=O)C[N+](C)=C(N)NP(=O)(O)O)n1ncn(-c2ccc(N3CCN(c4ccc(OC[C@@H]5CO[C@@](Cn6cncn6)(c6ccc(F)cc6F)C5)cc4)CC3)cc2)c1=O. The van der Waals surface area contributed by atoms with Crippen LogP contribution in [0.2, 0.25) is 0 Å². The van der Waals surface area contributed by atoms with Gasteiger partial charge in [-0.3, -0.25) is 20.1 Å². The number of nitrogens with two attached hydrogens (primary N) is 1. The summed E-state index contributed by atoms with van der Waals surface area (Å²) >= 11 is 0. The summed E-state index contributed by atoms with van der Waals surface area (Å²) in [6.45, 7) is 8.06. The van der Waals surface area contributed by atoms with Crippen molar-refractivity contribution in [2.24, 2.45) is 11.7 Å². The molecule has 5 N–H and O–H groups in total. The van der Waals surface area contributed by atoms with Gasteiger partial charge >= 0.3 is 31.5 Å². The normalized spacial score (nSPS) is 19.0. The van der Waals surface area contributed by atoms with Gasteiger partial charge < -0.3 is 33.5 Å². The second kappa shape index (κ2) is 21.6. The lowest BCUT2D eigenvalue weighted by molar-refractivity contribution is -0.490. The second-order valence-electron chi connectivity index (χ2n) is 16.7. The fraction of sp³-hybridized carbons (Fsp3) is 0.432. The quantitative estimate of drug-likeness (QED) is 0.0245. The van der Waals surface area contributed by atoms with Crippen molar-refractivity contribution in [1.82, 2.24) is 34.2 Å². The van der Waals surface area contributed by atoms with Gasteiger partial charge in [-0.05, 0) is 74.4 Å². The Morgan fingerprint density at radius 2 is 1.61 bits per heavy atom. The molecular weight excluding hydrogens is 928 g/mol. The Labute approximate surface area is 395 Å². The number of piperazine rings is 1. The molecule has 5 aromatic rings. The number of carbonyl (C=O) groups is 2. The highest BCUT2D eigenvalue weighted by Gasteiger charge is 2.45. The molecule has 3 aromatic carbocycles. The number of halogens is 2. The Bertz CT molecular complexity index is 2690. The average molecular weight is 983 g/mol. The number of rotatable bonds is 18. The zero-order valence-electron chi connectivity index (χ0n) is 38.3. The van der Waals surface area contributed by atoms with Gasteiger partial charge in [-0.2, -0.15) is 15.3 Å². The summed E-state index contributed by atoms with van der Waals surface area (Å²) in [4.78, 5) is 65.0. The lowest BCUT2D eigenvalue weighted by atomic mass is 9.87. The minimum Gasteiger partial charge on any atom is -0.493 e. The van der Waals surface area contributed by atoms with Gasteiger partial charge in [0.1, 0.15) is 48.1 Å². The monoisotopic (exact) mass is 982 g/mol. The number of carbonyl (C=O) groups excluding carboxylic acids is 2. The predicted octanol–water partition coefficient (Wildman–Crippen LogP) is 3.26. The van der Waals surface area contributed by atoms with Crippen LogP contribution in [-0.4, -0.2) is 127 Å². The van der Waals surface area contributed by atoms with Crippen molar-refractivity contribution >= 4 is 37.2 Å². The molecule has 0 saturated carbocycles. The molecule has 7 rings (SSSR count). The van der Waals surface area contributed by atoms with Crippen LogP contribution in [0, 0.1) is 17.6 Å². The maximum absolute atomic E-state index is 15.1. The molecule has 2 fully saturated rings. The number of hydrogen-bond acceptors (Lipinski definition) is 14. The number of aromatic nitrogens is 6. The third-order valence-electron chi connectivity index (χ3n) is 11.8. The van der Waals surface area contributed by atoms with E-state index in [2.05, 4.69) is 25.0 Å². The molecule has 2 aromatic heterocycles. The molecule has 0 bridgehead atoms. The van der Waals surface area contributed by atoms with E-state index in [1.54, 1.807) is 23.6 Å². The standard InChI is InChI=1S/C44H54F2N11O11P/c1-5-39(29(2)66-43(60)68-30(3)67-40(58)22-52(4)41(47)51-69(61,62)63)57-42(59)56(28-50-57)35-9-7-33(8-10-35)53-16-18-54(19-17-53)34-11-13-36(14-12-34)64-23-31-21-44(65-24-31,25-55-27-48-26-49-55)37-15-6-32(45)20-38(37)46/h6-15,20,26-31,39H,5,16-19,21-25H2,1-4H3,(H4,47,51,61,62,63)/p+1/t29-,30?,31+,39-,44-/m0/s1. The summed E-state index contributed by atoms with van der Waals surface area (Å²) in [7, 11) is -3.42. The Kier molecular flexibility index (Phi) is 15.7. The predicted molar refractivity (Wildman–Crippen MR) is 244 cm³/mol. The van der Waals surface area contributed by atoms with E-state index in [9.17, 15) is 23.3 Å². The van der Waals surface area contributed by atoms with Crippen molar-refractivity contribution in [3.05, 3.63) is 113 Å². The van der Waals surface area contributed by atoms with Crippen molar-refractivity contribution in [3.8, 4) is 11.4 Å². The van der Waals surface area contributed by atoms with Gasteiger partial charge in [-0.25, -0.2) is 46.6 Å². The molecule has 2 aliphatic rings. The Morgan fingerprint density at radius 1 is 0.957 bits per heavy atom. The van der Waals surface area contributed by atoms with Gasteiger partial charge in [0.05, 0.1) is 38.5 Å². The minimum atomic E-state index is -4.70. The van der Waals surface area contributed by atoms with Gasteiger partial charge in [0.25, 0.3) is 0 Å². The smallest absolute Gasteiger partial charge is 0.493 e. The zero-order chi connectivity index (χ0) is 49.5. The Morgan fingerprint density at radius 3 is 2.22 bits per heavy atom. The zero-order valence-corrected chi connectivity index (χ0v) is 39.2. The van der Waals surface area contributed by atoms with Crippen LogP contribution in [0.1, 0.15) is 45.2 Å². The summed E-state index contributed by atoms with van der Waals surface area (Å²) in [5.41, 5.74) is 6.92. The molecule has 0 radical (unpaired) electrons. The van der Waals surface area contributed by atoms with Crippen LogP contribution in [0.15, 0.2) is 90.5 Å². The molecule has 5 atom stereocenters. The highest BCUT2D eigenvalue weighted by Crippen LogP contribution is 2.42. The maximum Gasteiger partial charge on any atom is 0.511 e. The first-order valence-corrected chi connectivity index (χ1v) is 23.7. The first-order valence-electron chi connectivity index (χ1n) is 22.1. The first kappa shape index (κ1) is 50.0. The van der Waals surface area contributed by atoms with Gasteiger partial charge in [0, 0.05) is 62.0 Å². The van der Waals surface area contributed by atoms with Crippen LogP contribution >= 0.6 is 7.75 Å². The van der Waals surface area contributed by atoms with Crippen LogP contribution in [0.25, 0.3) is 5.69 Å². The molecule has 25 heteroatoms.